The van der Waals surface area contributed by atoms with Crippen LogP contribution in [0.4, 0.5) is 10.1 Å². The lowest BCUT2D eigenvalue weighted by Crippen LogP contribution is -2.28. The molecule has 0 bridgehead atoms. The van der Waals surface area contributed by atoms with Gasteiger partial charge < -0.3 is 15.4 Å². The normalized spacial score (nSPS) is 20.3. The molecule has 2 N–H and O–H groups in total. The third-order valence-electron chi connectivity index (χ3n) is 2.59. The van der Waals surface area contributed by atoms with E-state index in [0.29, 0.717) is 24.4 Å². The predicted molar refractivity (Wildman–Crippen MR) is 57.9 cm³/mol. The van der Waals surface area contributed by atoms with Gasteiger partial charge in [-0.3, -0.25) is 4.79 Å². The number of hydrogen-bond acceptors (Lipinski definition) is 3. The number of carbonyl (C=O) groups excluding carboxylic acids is 1. The first-order valence-electron chi connectivity index (χ1n) is 5.01. The zero-order chi connectivity index (χ0) is 11.7. The summed E-state index contributed by atoms with van der Waals surface area (Å²) in [5.74, 6) is -0.0238. The van der Waals surface area contributed by atoms with Crippen LogP contribution in [0.15, 0.2) is 18.2 Å². The summed E-state index contributed by atoms with van der Waals surface area (Å²) >= 11 is 0. The monoisotopic (exact) mass is 224 g/mol. The van der Waals surface area contributed by atoms with E-state index in [1.165, 1.54) is 30.2 Å². The third kappa shape index (κ3) is 1.86. The average Bonchev–Trinajstić information content (AvgIpc) is 2.57. The predicted octanol–water partition coefficient (Wildman–Crippen LogP) is 0.898. The van der Waals surface area contributed by atoms with E-state index >= 15 is 0 Å². The van der Waals surface area contributed by atoms with E-state index in [1.807, 2.05) is 0 Å². The molecule has 86 valence electrons. The van der Waals surface area contributed by atoms with E-state index in [9.17, 15) is 9.18 Å². The van der Waals surface area contributed by atoms with Crippen LogP contribution in [0.1, 0.15) is 6.42 Å². The lowest BCUT2D eigenvalue weighted by molar-refractivity contribution is -0.117. The smallest absolute Gasteiger partial charge is 0.228 e. The van der Waals surface area contributed by atoms with Crippen LogP contribution in [0.5, 0.6) is 5.75 Å². The molecule has 1 heterocycles. The first-order valence-corrected chi connectivity index (χ1v) is 5.01. The van der Waals surface area contributed by atoms with Crippen LogP contribution in [-0.4, -0.2) is 25.6 Å². The molecule has 2 rings (SSSR count). The van der Waals surface area contributed by atoms with Crippen LogP contribution in [-0.2, 0) is 4.79 Å². The Morgan fingerprint density at radius 1 is 1.56 bits per heavy atom. The zero-order valence-electron chi connectivity index (χ0n) is 8.94. The molecule has 1 saturated heterocycles. The third-order valence-corrected chi connectivity index (χ3v) is 2.59. The highest BCUT2D eigenvalue weighted by atomic mass is 19.1. The minimum absolute atomic E-state index is 0.101. The van der Waals surface area contributed by atoms with Gasteiger partial charge in [0, 0.05) is 25.1 Å². The van der Waals surface area contributed by atoms with E-state index in [-0.39, 0.29) is 11.9 Å². The molecule has 1 aromatic rings. The van der Waals surface area contributed by atoms with Gasteiger partial charge in [-0.2, -0.15) is 0 Å². The van der Waals surface area contributed by atoms with Gasteiger partial charge in [0.1, 0.15) is 11.6 Å². The molecular formula is C11H13FN2O2. The lowest BCUT2D eigenvalue weighted by atomic mass is 10.2. The Balaban J connectivity index is 2.39. The Morgan fingerprint density at radius 2 is 2.31 bits per heavy atom. The van der Waals surface area contributed by atoms with Gasteiger partial charge in [-0.1, -0.05) is 0 Å². The standard InChI is InChI=1S/C11H13FN2O2/c1-16-10-3-2-7(12)4-9(10)14-6-8(13)5-11(14)15/h2-4,8H,5-6,13H2,1H3. The topological polar surface area (TPSA) is 55.6 Å². The molecule has 5 heteroatoms. The van der Waals surface area contributed by atoms with Crippen molar-refractivity contribution < 1.29 is 13.9 Å². The molecule has 16 heavy (non-hydrogen) atoms. The summed E-state index contributed by atoms with van der Waals surface area (Å²) in [6.07, 6.45) is 0.291. The molecule has 0 aliphatic carbocycles. The van der Waals surface area contributed by atoms with Crippen molar-refractivity contribution in [2.24, 2.45) is 5.73 Å². The van der Waals surface area contributed by atoms with E-state index in [2.05, 4.69) is 0 Å². The highest BCUT2D eigenvalue weighted by molar-refractivity contribution is 5.97. The fourth-order valence-corrected chi connectivity index (χ4v) is 1.84. The number of methoxy groups -OCH3 is 1. The van der Waals surface area contributed by atoms with Gasteiger partial charge in [0.2, 0.25) is 5.91 Å². The van der Waals surface area contributed by atoms with E-state index < -0.39 is 5.82 Å². The van der Waals surface area contributed by atoms with Crippen molar-refractivity contribution in [2.75, 3.05) is 18.6 Å². The van der Waals surface area contributed by atoms with Crippen LogP contribution < -0.4 is 15.4 Å². The number of ether oxygens (including phenoxy) is 1. The maximum absolute atomic E-state index is 13.1. The largest absolute Gasteiger partial charge is 0.495 e. The second kappa shape index (κ2) is 4.09. The number of rotatable bonds is 2. The summed E-state index contributed by atoms with van der Waals surface area (Å²) < 4.78 is 18.2. The maximum atomic E-state index is 13.1. The number of amides is 1. The molecule has 0 saturated carbocycles. The summed E-state index contributed by atoms with van der Waals surface area (Å²) in [6, 6.07) is 3.89. The summed E-state index contributed by atoms with van der Waals surface area (Å²) in [7, 11) is 1.48. The fraction of sp³-hybridized carbons (Fsp3) is 0.364. The van der Waals surface area contributed by atoms with Crippen LogP contribution in [0.2, 0.25) is 0 Å². The molecule has 1 aliphatic heterocycles. The molecule has 4 nitrogen and oxygen atoms in total. The summed E-state index contributed by atoms with van der Waals surface area (Å²) in [5, 5.41) is 0. The maximum Gasteiger partial charge on any atom is 0.228 e. The van der Waals surface area contributed by atoms with Crippen molar-refractivity contribution in [2.45, 2.75) is 12.5 Å². The Kier molecular flexibility index (Phi) is 2.78. The SMILES string of the molecule is COc1ccc(F)cc1N1CC(N)CC1=O. The molecule has 1 amide bonds. The first kappa shape index (κ1) is 10.9. The van der Waals surface area contributed by atoms with Crippen LogP contribution in [0.25, 0.3) is 0 Å². The van der Waals surface area contributed by atoms with Gasteiger partial charge in [-0.05, 0) is 12.1 Å². The molecular weight excluding hydrogens is 211 g/mol. The summed E-state index contributed by atoms with van der Waals surface area (Å²) in [5.41, 5.74) is 6.13. The number of benzene rings is 1. The Hall–Kier alpha value is -1.62. The number of carbonyl (C=O) groups is 1. The zero-order valence-corrected chi connectivity index (χ0v) is 8.94. The van der Waals surface area contributed by atoms with Crippen molar-refractivity contribution in [3.8, 4) is 5.75 Å². The Labute approximate surface area is 92.8 Å². The highest BCUT2D eigenvalue weighted by Gasteiger charge is 2.30. The van der Waals surface area contributed by atoms with Crippen LogP contribution in [0.3, 0.4) is 0 Å². The average molecular weight is 224 g/mol. The van der Waals surface area contributed by atoms with E-state index in [4.69, 9.17) is 10.5 Å². The molecule has 1 atom stereocenters. The summed E-state index contributed by atoms with van der Waals surface area (Å²) in [6.45, 7) is 0.401. The second-order valence-electron chi connectivity index (χ2n) is 3.78. The van der Waals surface area contributed by atoms with E-state index in [1.54, 1.807) is 0 Å². The molecule has 0 aromatic heterocycles. The van der Waals surface area contributed by atoms with Crippen LogP contribution >= 0.6 is 0 Å². The number of nitrogens with two attached hydrogens (primary N) is 1. The van der Waals surface area contributed by atoms with Crippen molar-refractivity contribution >= 4 is 11.6 Å². The molecule has 1 fully saturated rings. The molecule has 0 spiro atoms. The quantitative estimate of drug-likeness (QED) is 0.812. The molecule has 1 aromatic carbocycles. The minimum Gasteiger partial charge on any atom is -0.495 e. The van der Waals surface area contributed by atoms with Gasteiger partial charge in [0.05, 0.1) is 12.8 Å². The Bertz CT molecular complexity index is 422. The van der Waals surface area contributed by atoms with Crippen molar-refractivity contribution in [3.63, 3.8) is 0 Å². The minimum atomic E-state index is -0.399. The second-order valence-corrected chi connectivity index (χ2v) is 3.78. The number of hydrogen-bond donors (Lipinski definition) is 1. The highest BCUT2D eigenvalue weighted by Crippen LogP contribution is 2.31. The number of halogens is 1. The molecule has 1 aliphatic rings. The first-order chi connectivity index (χ1) is 7.61. The number of anilines is 1. The van der Waals surface area contributed by atoms with Gasteiger partial charge in [0.25, 0.3) is 0 Å². The lowest BCUT2D eigenvalue weighted by Gasteiger charge is -2.19. The van der Waals surface area contributed by atoms with Crippen molar-refractivity contribution in [1.82, 2.24) is 0 Å². The molecule has 0 radical (unpaired) electrons. The van der Waals surface area contributed by atoms with Gasteiger partial charge in [-0.25, -0.2) is 4.39 Å². The van der Waals surface area contributed by atoms with E-state index in [0.717, 1.165) is 0 Å². The van der Waals surface area contributed by atoms with Crippen LogP contribution in [0, 0.1) is 5.82 Å². The summed E-state index contributed by atoms with van der Waals surface area (Å²) in [4.78, 5) is 13.1. The van der Waals surface area contributed by atoms with Gasteiger partial charge >= 0.3 is 0 Å². The van der Waals surface area contributed by atoms with Gasteiger partial charge in [0.15, 0.2) is 0 Å². The molecule has 1 unspecified atom stereocenters. The van der Waals surface area contributed by atoms with Gasteiger partial charge in [-0.15, -0.1) is 0 Å². The fourth-order valence-electron chi connectivity index (χ4n) is 1.84. The number of nitrogens with zero attached hydrogens (tertiary/aromatic N) is 1. The Morgan fingerprint density at radius 3 is 2.88 bits per heavy atom. The van der Waals surface area contributed by atoms with Crippen molar-refractivity contribution in [3.05, 3.63) is 24.0 Å². The van der Waals surface area contributed by atoms with Crippen molar-refractivity contribution in [1.29, 1.82) is 0 Å².